The zero-order valence-corrected chi connectivity index (χ0v) is 10.9. The summed E-state index contributed by atoms with van der Waals surface area (Å²) in [7, 11) is 0. The topological polar surface area (TPSA) is 29.1 Å². The average molecular weight is 225 g/mol. The van der Waals surface area contributed by atoms with E-state index in [1.54, 1.807) is 12.2 Å². The highest BCUT2D eigenvalue weighted by atomic mass is 16.1. The molecule has 0 spiro atoms. The van der Waals surface area contributed by atoms with E-state index < -0.39 is 0 Å². The van der Waals surface area contributed by atoms with Gasteiger partial charge in [-0.05, 0) is 19.4 Å². The summed E-state index contributed by atoms with van der Waals surface area (Å²) < 4.78 is 0. The lowest BCUT2D eigenvalue weighted by molar-refractivity contribution is -0.116. The van der Waals surface area contributed by atoms with Gasteiger partial charge in [-0.15, -0.1) is 0 Å². The van der Waals surface area contributed by atoms with Crippen molar-refractivity contribution in [2.75, 3.05) is 6.54 Å². The lowest BCUT2D eigenvalue weighted by Crippen LogP contribution is -2.21. The standard InChI is InChI=1S/C14H27NO/c1-3-5-6-7-8-9-10-11-13-15-14(16)12-4-2/h4,12H,3,5-11,13H2,1-2H3,(H,15,16). The summed E-state index contributed by atoms with van der Waals surface area (Å²) in [6, 6.07) is 0. The summed E-state index contributed by atoms with van der Waals surface area (Å²) in [5.74, 6) is 0.0328. The monoisotopic (exact) mass is 225 g/mol. The molecule has 0 fully saturated rings. The first kappa shape index (κ1) is 15.2. The van der Waals surface area contributed by atoms with Gasteiger partial charge in [-0.25, -0.2) is 0 Å². The molecule has 0 aromatic heterocycles. The van der Waals surface area contributed by atoms with Crippen molar-refractivity contribution in [3.63, 3.8) is 0 Å². The Morgan fingerprint density at radius 2 is 1.56 bits per heavy atom. The van der Waals surface area contributed by atoms with E-state index in [4.69, 9.17) is 0 Å². The van der Waals surface area contributed by atoms with Crippen LogP contribution in [0.1, 0.15) is 65.2 Å². The predicted octanol–water partition coefficient (Wildman–Crippen LogP) is 3.82. The zero-order valence-electron chi connectivity index (χ0n) is 10.9. The van der Waals surface area contributed by atoms with Crippen molar-refractivity contribution in [1.29, 1.82) is 0 Å². The lowest BCUT2D eigenvalue weighted by atomic mass is 10.1. The molecule has 2 nitrogen and oxygen atoms in total. The summed E-state index contributed by atoms with van der Waals surface area (Å²) in [5.41, 5.74) is 0. The fourth-order valence-electron chi connectivity index (χ4n) is 1.68. The van der Waals surface area contributed by atoms with Crippen LogP contribution < -0.4 is 5.32 Å². The Bertz CT molecular complexity index is 187. The van der Waals surface area contributed by atoms with Crippen LogP contribution in [-0.2, 0) is 4.79 Å². The molecule has 0 bridgehead atoms. The maximum absolute atomic E-state index is 11.1. The molecular weight excluding hydrogens is 198 g/mol. The van der Waals surface area contributed by atoms with Crippen molar-refractivity contribution in [3.8, 4) is 0 Å². The normalized spacial score (nSPS) is 10.9. The lowest BCUT2D eigenvalue weighted by Gasteiger charge is -2.02. The van der Waals surface area contributed by atoms with Crippen molar-refractivity contribution in [3.05, 3.63) is 12.2 Å². The number of carbonyl (C=O) groups is 1. The molecule has 0 aliphatic carbocycles. The number of hydrogen-bond acceptors (Lipinski definition) is 1. The molecule has 1 N–H and O–H groups in total. The molecule has 0 aromatic carbocycles. The molecule has 0 aliphatic rings. The molecule has 0 unspecified atom stereocenters. The Morgan fingerprint density at radius 3 is 2.12 bits per heavy atom. The third kappa shape index (κ3) is 11.3. The van der Waals surface area contributed by atoms with E-state index in [-0.39, 0.29) is 5.91 Å². The number of rotatable bonds is 10. The first-order valence-electron chi connectivity index (χ1n) is 6.71. The largest absolute Gasteiger partial charge is 0.353 e. The summed E-state index contributed by atoms with van der Waals surface area (Å²) in [4.78, 5) is 11.1. The second kappa shape index (κ2) is 12.3. The molecule has 0 rings (SSSR count). The summed E-state index contributed by atoms with van der Waals surface area (Å²) in [5, 5.41) is 2.87. The Balaban J connectivity index is 3.07. The zero-order chi connectivity index (χ0) is 12.1. The maximum atomic E-state index is 11.1. The van der Waals surface area contributed by atoms with Gasteiger partial charge in [0.05, 0.1) is 0 Å². The van der Waals surface area contributed by atoms with Crippen LogP contribution in [0.4, 0.5) is 0 Å². The molecule has 0 radical (unpaired) electrons. The van der Waals surface area contributed by atoms with Crippen LogP contribution in [0.15, 0.2) is 12.2 Å². The molecule has 2 heteroatoms. The van der Waals surface area contributed by atoms with Crippen LogP contribution in [-0.4, -0.2) is 12.5 Å². The van der Waals surface area contributed by atoms with Crippen LogP contribution in [0.5, 0.6) is 0 Å². The molecule has 1 amide bonds. The van der Waals surface area contributed by atoms with Gasteiger partial charge in [-0.1, -0.05) is 57.9 Å². The first-order chi connectivity index (χ1) is 7.81. The fourth-order valence-corrected chi connectivity index (χ4v) is 1.68. The number of nitrogens with one attached hydrogen (secondary N) is 1. The molecule has 0 heterocycles. The molecule has 0 aliphatic heterocycles. The number of allylic oxidation sites excluding steroid dienone is 1. The van der Waals surface area contributed by atoms with Gasteiger partial charge in [0.2, 0.25) is 5.91 Å². The van der Waals surface area contributed by atoms with Crippen LogP contribution in [0, 0.1) is 0 Å². The van der Waals surface area contributed by atoms with Gasteiger partial charge in [0.15, 0.2) is 0 Å². The first-order valence-corrected chi connectivity index (χ1v) is 6.71. The Hall–Kier alpha value is -0.790. The van der Waals surface area contributed by atoms with E-state index in [0.717, 1.165) is 13.0 Å². The van der Waals surface area contributed by atoms with Crippen molar-refractivity contribution >= 4 is 5.91 Å². The predicted molar refractivity (Wildman–Crippen MR) is 70.4 cm³/mol. The molecule has 94 valence electrons. The minimum Gasteiger partial charge on any atom is -0.353 e. The van der Waals surface area contributed by atoms with Crippen molar-refractivity contribution < 1.29 is 4.79 Å². The second-order valence-corrected chi connectivity index (χ2v) is 4.27. The fraction of sp³-hybridized carbons (Fsp3) is 0.786. The van der Waals surface area contributed by atoms with E-state index in [9.17, 15) is 4.79 Å². The third-order valence-electron chi connectivity index (χ3n) is 2.65. The van der Waals surface area contributed by atoms with Crippen molar-refractivity contribution in [2.45, 2.75) is 65.2 Å². The average Bonchev–Trinajstić information content (AvgIpc) is 2.27. The van der Waals surface area contributed by atoms with E-state index in [1.165, 1.54) is 44.9 Å². The van der Waals surface area contributed by atoms with Crippen molar-refractivity contribution in [2.24, 2.45) is 0 Å². The molecule has 0 atom stereocenters. The van der Waals surface area contributed by atoms with Gasteiger partial charge in [0.25, 0.3) is 0 Å². The van der Waals surface area contributed by atoms with Gasteiger partial charge in [-0.2, -0.15) is 0 Å². The summed E-state index contributed by atoms with van der Waals surface area (Å²) in [6.07, 6.45) is 13.8. The molecule has 16 heavy (non-hydrogen) atoms. The van der Waals surface area contributed by atoms with Crippen LogP contribution in [0.3, 0.4) is 0 Å². The van der Waals surface area contributed by atoms with Crippen LogP contribution >= 0.6 is 0 Å². The molecule has 0 saturated carbocycles. The maximum Gasteiger partial charge on any atom is 0.243 e. The van der Waals surface area contributed by atoms with Crippen LogP contribution in [0.25, 0.3) is 0 Å². The van der Waals surface area contributed by atoms with E-state index in [2.05, 4.69) is 12.2 Å². The van der Waals surface area contributed by atoms with Gasteiger partial charge in [0, 0.05) is 6.54 Å². The van der Waals surface area contributed by atoms with E-state index >= 15 is 0 Å². The van der Waals surface area contributed by atoms with Gasteiger partial charge in [0.1, 0.15) is 0 Å². The smallest absolute Gasteiger partial charge is 0.243 e. The highest BCUT2D eigenvalue weighted by Crippen LogP contribution is 2.07. The Morgan fingerprint density at radius 1 is 1.00 bits per heavy atom. The van der Waals surface area contributed by atoms with Gasteiger partial charge < -0.3 is 5.32 Å². The highest BCUT2D eigenvalue weighted by molar-refractivity contribution is 5.87. The quantitative estimate of drug-likeness (QED) is 0.444. The van der Waals surface area contributed by atoms with E-state index in [1.807, 2.05) is 6.92 Å². The van der Waals surface area contributed by atoms with Crippen molar-refractivity contribution in [1.82, 2.24) is 5.32 Å². The third-order valence-corrected chi connectivity index (χ3v) is 2.65. The Labute approximate surface area is 101 Å². The Kier molecular flexibility index (Phi) is 11.7. The van der Waals surface area contributed by atoms with Gasteiger partial charge in [-0.3, -0.25) is 4.79 Å². The SMILES string of the molecule is CC=CC(=O)NCCCCCCCCCC. The minimum absolute atomic E-state index is 0.0328. The summed E-state index contributed by atoms with van der Waals surface area (Å²) >= 11 is 0. The number of carbonyl (C=O) groups excluding carboxylic acids is 1. The second-order valence-electron chi connectivity index (χ2n) is 4.27. The number of unbranched alkanes of at least 4 members (excludes halogenated alkanes) is 7. The molecule has 0 aromatic rings. The molecule has 0 saturated heterocycles. The highest BCUT2D eigenvalue weighted by Gasteiger charge is 1.94. The van der Waals surface area contributed by atoms with Gasteiger partial charge >= 0.3 is 0 Å². The minimum atomic E-state index is 0.0328. The molecular formula is C14H27NO. The number of hydrogen-bond donors (Lipinski definition) is 1. The van der Waals surface area contributed by atoms with E-state index in [0.29, 0.717) is 0 Å². The number of amides is 1. The summed E-state index contributed by atoms with van der Waals surface area (Å²) in [6.45, 7) is 4.92. The van der Waals surface area contributed by atoms with Crippen LogP contribution in [0.2, 0.25) is 0 Å².